The normalized spacial score (nSPS) is 10.8. The number of aryl methyl sites for hydroxylation is 2. The van der Waals surface area contributed by atoms with Crippen LogP contribution in [0.3, 0.4) is 0 Å². The number of hydrogen-bond donors (Lipinski definition) is 1. The van der Waals surface area contributed by atoms with Gasteiger partial charge >= 0.3 is 0 Å². The molecule has 2 aromatic heterocycles. The van der Waals surface area contributed by atoms with Crippen LogP contribution in [-0.2, 0) is 17.8 Å². The van der Waals surface area contributed by atoms with E-state index in [4.69, 9.17) is 27.6 Å². The Morgan fingerprint density at radius 1 is 1.28 bits per heavy atom. The minimum Gasteiger partial charge on any atom is -0.441 e. The summed E-state index contributed by atoms with van der Waals surface area (Å²) in [5, 5.41) is 4.90. The molecule has 25 heavy (non-hydrogen) atoms. The van der Waals surface area contributed by atoms with E-state index in [2.05, 4.69) is 15.3 Å². The first-order chi connectivity index (χ1) is 12.0. The number of hydrogen-bond acceptors (Lipinski definition) is 5. The summed E-state index contributed by atoms with van der Waals surface area (Å²) in [7, 11) is 0. The molecule has 1 aromatic carbocycles. The van der Waals surface area contributed by atoms with Crippen LogP contribution in [0, 0.1) is 6.92 Å². The Labute approximate surface area is 159 Å². The number of nitrogens with one attached hydrogen (secondary N) is 1. The van der Waals surface area contributed by atoms with E-state index in [1.54, 1.807) is 41.9 Å². The number of benzene rings is 1. The highest BCUT2D eigenvalue weighted by molar-refractivity contribution is 7.11. The summed E-state index contributed by atoms with van der Waals surface area (Å²) >= 11 is 13.6. The molecule has 0 radical (unpaired) electrons. The highest BCUT2D eigenvalue weighted by Crippen LogP contribution is 2.30. The summed E-state index contributed by atoms with van der Waals surface area (Å²) in [6, 6.07) is 5.16. The smallest absolute Gasteiger partial charge is 0.220 e. The second-order valence-electron chi connectivity index (χ2n) is 5.36. The van der Waals surface area contributed by atoms with Crippen LogP contribution in [0.4, 0.5) is 0 Å². The molecule has 3 rings (SSSR count). The van der Waals surface area contributed by atoms with Gasteiger partial charge in [-0.3, -0.25) is 4.79 Å². The fourth-order valence-electron chi connectivity index (χ4n) is 2.22. The lowest BCUT2D eigenvalue weighted by Gasteiger charge is -2.02. The third-order valence-corrected chi connectivity index (χ3v) is 4.91. The molecule has 0 fully saturated rings. The van der Waals surface area contributed by atoms with Gasteiger partial charge in [0.15, 0.2) is 11.7 Å². The lowest BCUT2D eigenvalue weighted by Crippen LogP contribution is -2.22. The quantitative estimate of drug-likeness (QED) is 0.658. The molecule has 0 aliphatic rings. The van der Waals surface area contributed by atoms with Crippen LogP contribution >= 0.6 is 34.5 Å². The summed E-state index contributed by atoms with van der Waals surface area (Å²) in [6.45, 7) is 2.42. The molecule has 8 heteroatoms. The van der Waals surface area contributed by atoms with E-state index in [-0.39, 0.29) is 5.91 Å². The van der Waals surface area contributed by atoms with Crippen LogP contribution in [0.15, 0.2) is 35.0 Å². The Hall–Kier alpha value is -1.89. The van der Waals surface area contributed by atoms with Crippen molar-refractivity contribution in [3.05, 3.63) is 56.4 Å². The molecular weight excluding hydrogens is 381 g/mol. The molecule has 0 spiro atoms. The molecule has 0 aliphatic carbocycles. The summed E-state index contributed by atoms with van der Waals surface area (Å²) < 4.78 is 5.68. The van der Waals surface area contributed by atoms with E-state index in [0.29, 0.717) is 41.1 Å². The van der Waals surface area contributed by atoms with E-state index in [1.165, 1.54) is 0 Å². The van der Waals surface area contributed by atoms with E-state index in [1.807, 2.05) is 6.92 Å². The highest BCUT2D eigenvalue weighted by Gasteiger charge is 2.12. The first kappa shape index (κ1) is 17.9. The van der Waals surface area contributed by atoms with E-state index in [0.717, 1.165) is 15.4 Å². The number of carbonyl (C=O) groups excluding carboxylic acids is 1. The van der Waals surface area contributed by atoms with E-state index < -0.39 is 0 Å². The SMILES string of the molecule is Cc1ncc(CNC(=O)CCc2ncc(-c3ccc(Cl)cc3Cl)o2)s1. The van der Waals surface area contributed by atoms with Crippen molar-refractivity contribution in [2.45, 2.75) is 26.3 Å². The van der Waals surface area contributed by atoms with Gasteiger partial charge in [-0.25, -0.2) is 9.97 Å². The van der Waals surface area contributed by atoms with Gasteiger partial charge in [-0.2, -0.15) is 0 Å². The highest BCUT2D eigenvalue weighted by atomic mass is 35.5. The van der Waals surface area contributed by atoms with Gasteiger partial charge in [0.25, 0.3) is 0 Å². The van der Waals surface area contributed by atoms with Crippen LogP contribution < -0.4 is 5.32 Å². The Balaban J connectivity index is 1.53. The molecule has 0 saturated heterocycles. The predicted octanol–water partition coefficient (Wildman–Crippen LogP) is 4.66. The number of amides is 1. The van der Waals surface area contributed by atoms with Crippen molar-refractivity contribution < 1.29 is 9.21 Å². The molecule has 1 amide bonds. The number of thiazole rings is 1. The molecule has 1 N–H and O–H groups in total. The number of carbonyl (C=O) groups is 1. The lowest BCUT2D eigenvalue weighted by molar-refractivity contribution is -0.121. The summed E-state index contributed by atoms with van der Waals surface area (Å²) in [4.78, 5) is 21.3. The standard InChI is InChI=1S/C17H15Cl2N3O2S/c1-10-20-7-12(25-10)8-21-16(23)4-5-17-22-9-15(24-17)13-3-2-11(18)6-14(13)19/h2-3,6-7,9H,4-5,8H2,1H3,(H,21,23). The zero-order chi connectivity index (χ0) is 17.8. The van der Waals surface area contributed by atoms with Crippen LogP contribution in [0.25, 0.3) is 11.3 Å². The van der Waals surface area contributed by atoms with Gasteiger partial charge in [-0.05, 0) is 25.1 Å². The average molecular weight is 396 g/mol. The third kappa shape index (κ3) is 4.81. The molecule has 0 bridgehead atoms. The molecule has 0 saturated carbocycles. The van der Waals surface area contributed by atoms with Gasteiger partial charge in [0.05, 0.1) is 22.8 Å². The molecule has 2 heterocycles. The predicted molar refractivity (Wildman–Crippen MR) is 99.0 cm³/mol. The van der Waals surface area contributed by atoms with Crippen molar-refractivity contribution in [3.63, 3.8) is 0 Å². The van der Waals surface area contributed by atoms with Crippen molar-refractivity contribution >= 4 is 40.4 Å². The van der Waals surface area contributed by atoms with Crippen molar-refractivity contribution in [2.75, 3.05) is 0 Å². The molecule has 0 unspecified atom stereocenters. The van der Waals surface area contributed by atoms with Crippen molar-refractivity contribution in [1.82, 2.24) is 15.3 Å². The van der Waals surface area contributed by atoms with Gasteiger partial charge in [0.1, 0.15) is 0 Å². The zero-order valence-corrected chi connectivity index (χ0v) is 15.7. The van der Waals surface area contributed by atoms with Gasteiger partial charge in [-0.15, -0.1) is 11.3 Å². The van der Waals surface area contributed by atoms with Gasteiger partial charge in [0, 0.05) is 34.5 Å². The summed E-state index contributed by atoms with van der Waals surface area (Å²) in [5.41, 5.74) is 0.717. The number of rotatable bonds is 6. The first-order valence-electron chi connectivity index (χ1n) is 7.59. The second kappa shape index (κ2) is 7.99. The second-order valence-corrected chi connectivity index (χ2v) is 7.53. The van der Waals surface area contributed by atoms with Gasteiger partial charge in [-0.1, -0.05) is 23.2 Å². The van der Waals surface area contributed by atoms with Gasteiger partial charge in [0.2, 0.25) is 5.91 Å². The van der Waals surface area contributed by atoms with Crippen molar-refractivity contribution in [3.8, 4) is 11.3 Å². The maximum absolute atomic E-state index is 11.9. The number of nitrogens with zero attached hydrogens (tertiary/aromatic N) is 2. The number of halogens is 2. The average Bonchev–Trinajstić information content (AvgIpc) is 3.20. The fourth-order valence-corrected chi connectivity index (χ4v) is 3.46. The first-order valence-corrected chi connectivity index (χ1v) is 9.16. The third-order valence-electron chi connectivity index (χ3n) is 3.45. The molecule has 130 valence electrons. The monoisotopic (exact) mass is 395 g/mol. The van der Waals surface area contributed by atoms with Crippen LogP contribution in [0.1, 0.15) is 22.2 Å². The molecule has 0 atom stereocenters. The maximum Gasteiger partial charge on any atom is 0.220 e. The Morgan fingerprint density at radius 2 is 2.12 bits per heavy atom. The Kier molecular flexibility index (Phi) is 5.73. The fraction of sp³-hybridized carbons (Fsp3) is 0.235. The summed E-state index contributed by atoms with van der Waals surface area (Å²) in [6.07, 6.45) is 4.09. The summed E-state index contributed by atoms with van der Waals surface area (Å²) in [5.74, 6) is 0.984. The minimum absolute atomic E-state index is 0.0599. The zero-order valence-electron chi connectivity index (χ0n) is 13.4. The molecule has 3 aromatic rings. The van der Waals surface area contributed by atoms with E-state index >= 15 is 0 Å². The molecular formula is C17H15Cl2N3O2S. The minimum atomic E-state index is -0.0599. The molecule has 0 aliphatic heterocycles. The lowest BCUT2D eigenvalue weighted by atomic mass is 10.2. The van der Waals surface area contributed by atoms with Gasteiger partial charge < -0.3 is 9.73 Å². The topological polar surface area (TPSA) is 68.0 Å². The largest absolute Gasteiger partial charge is 0.441 e. The van der Waals surface area contributed by atoms with Crippen LogP contribution in [-0.4, -0.2) is 15.9 Å². The molecule has 5 nitrogen and oxygen atoms in total. The Bertz CT molecular complexity index is 892. The number of aromatic nitrogens is 2. The Morgan fingerprint density at radius 3 is 2.84 bits per heavy atom. The van der Waals surface area contributed by atoms with Crippen LogP contribution in [0.5, 0.6) is 0 Å². The van der Waals surface area contributed by atoms with Crippen molar-refractivity contribution in [1.29, 1.82) is 0 Å². The van der Waals surface area contributed by atoms with Crippen LogP contribution in [0.2, 0.25) is 10.0 Å². The number of oxazole rings is 1. The van der Waals surface area contributed by atoms with E-state index in [9.17, 15) is 4.79 Å². The maximum atomic E-state index is 11.9. The van der Waals surface area contributed by atoms with Crippen molar-refractivity contribution in [2.24, 2.45) is 0 Å².